The van der Waals surface area contributed by atoms with Gasteiger partial charge in [-0.25, -0.2) is 4.98 Å². The summed E-state index contributed by atoms with van der Waals surface area (Å²) in [6.07, 6.45) is 8.66. The van der Waals surface area contributed by atoms with E-state index in [1.807, 2.05) is 42.6 Å². The molecular weight excluding hydrogens is 374 g/mol. The number of likely N-dealkylation sites (tertiary alicyclic amines) is 1. The summed E-state index contributed by atoms with van der Waals surface area (Å²) in [4.78, 5) is 19.7. The van der Waals surface area contributed by atoms with Gasteiger partial charge in [0.25, 0.3) is 0 Å². The van der Waals surface area contributed by atoms with Crippen LogP contribution in [0, 0.1) is 6.92 Å². The van der Waals surface area contributed by atoms with Gasteiger partial charge < -0.3 is 9.72 Å². The van der Waals surface area contributed by atoms with Gasteiger partial charge in [-0.05, 0) is 69.1 Å². The molecule has 0 saturated carbocycles. The lowest BCUT2D eigenvalue weighted by Gasteiger charge is -2.38. The fourth-order valence-electron chi connectivity index (χ4n) is 4.44. The number of pyridine rings is 2. The molecule has 1 aliphatic heterocycles. The minimum Gasteiger partial charge on any atom is -0.453 e. The Hall–Kier alpha value is -3.25. The van der Waals surface area contributed by atoms with Crippen LogP contribution >= 0.6 is 0 Å². The maximum Gasteiger partial charge on any atom is 0.153 e. The van der Waals surface area contributed by atoms with Crippen LogP contribution in [0.2, 0.25) is 0 Å². The largest absolute Gasteiger partial charge is 0.453 e. The predicted octanol–water partition coefficient (Wildman–Crippen LogP) is 5.35. The second kappa shape index (κ2) is 7.88. The van der Waals surface area contributed by atoms with Crippen LogP contribution in [0.5, 0.6) is 11.5 Å². The van der Waals surface area contributed by atoms with Crippen molar-refractivity contribution in [2.24, 2.45) is 0 Å². The summed E-state index contributed by atoms with van der Waals surface area (Å²) in [5, 5.41) is 0. The Morgan fingerprint density at radius 2 is 1.90 bits per heavy atom. The highest BCUT2D eigenvalue weighted by Crippen LogP contribution is 2.40. The minimum absolute atomic E-state index is 0.212. The number of nitrogens with one attached hydrogen (secondary N) is 1. The summed E-state index contributed by atoms with van der Waals surface area (Å²) in [5.41, 5.74) is 4.24. The number of benzene rings is 1. The van der Waals surface area contributed by atoms with Gasteiger partial charge in [0.05, 0.1) is 29.5 Å². The number of para-hydroxylation sites is 1. The van der Waals surface area contributed by atoms with Gasteiger partial charge in [0.2, 0.25) is 0 Å². The number of ether oxygens (including phenoxy) is 1. The number of aromatic amines is 1. The van der Waals surface area contributed by atoms with E-state index < -0.39 is 0 Å². The lowest BCUT2D eigenvalue weighted by atomic mass is 9.92. The van der Waals surface area contributed by atoms with Crippen LogP contribution < -0.4 is 4.74 Å². The maximum atomic E-state index is 6.07. The lowest BCUT2D eigenvalue weighted by Crippen LogP contribution is -2.34. The normalized spacial score (nSPS) is 19.8. The van der Waals surface area contributed by atoms with Gasteiger partial charge in [0, 0.05) is 12.4 Å². The molecule has 0 unspecified atom stereocenters. The monoisotopic (exact) mass is 399 g/mol. The quantitative estimate of drug-likeness (QED) is 0.501. The summed E-state index contributed by atoms with van der Waals surface area (Å²) in [7, 11) is 2.18. The summed E-state index contributed by atoms with van der Waals surface area (Å²) in [5.74, 6) is 2.45. The van der Waals surface area contributed by atoms with Gasteiger partial charge in [-0.2, -0.15) is 0 Å². The number of nitrogens with zero attached hydrogens (tertiary/aromatic N) is 4. The molecule has 2 atom stereocenters. The molecule has 0 bridgehead atoms. The second-order valence-electron chi connectivity index (χ2n) is 7.90. The fraction of sp³-hybridized carbons (Fsp3) is 0.292. The first-order chi connectivity index (χ1) is 14.7. The first-order valence-electron chi connectivity index (χ1n) is 10.4. The van der Waals surface area contributed by atoms with Gasteiger partial charge in [0.1, 0.15) is 17.1 Å². The highest BCUT2D eigenvalue weighted by atomic mass is 16.5. The van der Waals surface area contributed by atoms with E-state index in [1.54, 1.807) is 12.4 Å². The van der Waals surface area contributed by atoms with E-state index in [9.17, 15) is 0 Å². The van der Waals surface area contributed by atoms with Crippen LogP contribution in [0.4, 0.5) is 0 Å². The van der Waals surface area contributed by atoms with Crippen molar-refractivity contribution in [2.75, 3.05) is 7.05 Å². The molecule has 0 radical (unpaired) electrons. The number of aryl methyl sites for hydroxylation is 1. The van der Waals surface area contributed by atoms with Crippen LogP contribution in [0.15, 0.2) is 61.1 Å². The SMILES string of the molecule is Cc1cccnc1[C@@H]1CCC[C@H](c2nc3cccc(Oc4cccnc4)c3[nH]2)N1C. The molecule has 152 valence electrons. The Labute approximate surface area is 176 Å². The Kier molecular flexibility index (Phi) is 4.93. The van der Waals surface area contributed by atoms with Crippen molar-refractivity contribution in [1.29, 1.82) is 0 Å². The van der Waals surface area contributed by atoms with Gasteiger partial charge in [-0.3, -0.25) is 14.9 Å². The van der Waals surface area contributed by atoms with Crippen molar-refractivity contribution in [2.45, 2.75) is 38.3 Å². The summed E-state index contributed by atoms with van der Waals surface area (Å²) < 4.78 is 6.07. The number of hydrogen-bond acceptors (Lipinski definition) is 5. The van der Waals surface area contributed by atoms with E-state index in [-0.39, 0.29) is 6.04 Å². The second-order valence-corrected chi connectivity index (χ2v) is 7.90. The van der Waals surface area contributed by atoms with E-state index in [2.05, 4.69) is 39.9 Å². The van der Waals surface area contributed by atoms with E-state index in [4.69, 9.17) is 9.72 Å². The Morgan fingerprint density at radius 1 is 1.03 bits per heavy atom. The molecule has 30 heavy (non-hydrogen) atoms. The van der Waals surface area contributed by atoms with Crippen molar-refractivity contribution in [3.05, 3.63) is 78.1 Å². The molecule has 0 spiro atoms. The molecule has 6 heteroatoms. The number of fused-ring (bicyclic) bond motifs is 1. The summed E-state index contributed by atoms with van der Waals surface area (Å²) in [6.45, 7) is 2.14. The van der Waals surface area contributed by atoms with Crippen molar-refractivity contribution in [3.8, 4) is 11.5 Å². The Morgan fingerprint density at radius 3 is 2.73 bits per heavy atom. The molecule has 1 N–H and O–H groups in total. The standard InChI is InChI=1S/C24H25N5O/c1-16-7-5-14-26-22(16)19-10-4-11-20(29(19)2)24-27-18-9-3-12-21(23(18)28-24)30-17-8-6-13-25-15-17/h3,5-9,12-15,19-20H,4,10-11H2,1-2H3,(H,27,28)/t19-,20+/m0/s1. The van der Waals surface area contributed by atoms with Crippen LogP contribution in [0.1, 0.15) is 48.4 Å². The zero-order valence-corrected chi connectivity index (χ0v) is 17.2. The molecule has 1 saturated heterocycles. The minimum atomic E-state index is 0.212. The third-order valence-corrected chi connectivity index (χ3v) is 5.98. The summed E-state index contributed by atoms with van der Waals surface area (Å²) >= 11 is 0. The Bertz CT molecular complexity index is 1160. The molecule has 0 amide bonds. The van der Waals surface area contributed by atoms with Crippen LogP contribution in [-0.2, 0) is 0 Å². The number of aromatic nitrogens is 4. The molecule has 5 rings (SSSR count). The van der Waals surface area contributed by atoms with Crippen molar-refractivity contribution >= 4 is 11.0 Å². The van der Waals surface area contributed by atoms with E-state index in [0.717, 1.165) is 41.9 Å². The maximum absolute atomic E-state index is 6.07. The van der Waals surface area contributed by atoms with Gasteiger partial charge in [-0.15, -0.1) is 0 Å². The average molecular weight is 399 g/mol. The molecule has 1 aromatic carbocycles. The van der Waals surface area contributed by atoms with E-state index >= 15 is 0 Å². The van der Waals surface area contributed by atoms with Gasteiger partial charge in [0.15, 0.2) is 5.75 Å². The molecule has 1 fully saturated rings. The smallest absolute Gasteiger partial charge is 0.153 e. The van der Waals surface area contributed by atoms with Crippen molar-refractivity contribution in [3.63, 3.8) is 0 Å². The van der Waals surface area contributed by atoms with E-state index in [1.165, 1.54) is 11.3 Å². The van der Waals surface area contributed by atoms with Crippen LogP contribution in [-0.4, -0.2) is 31.9 Å². The third kappa shape index (κ3) is 3.44. The van der Waals surface area contributed by atoms with Crippen LogP contribution in [0.25, 0.3) is 11.0 Å². The van der Waals surface area contributed by atoms with E-state index in [0.29, 0.717) is 11.8 Å². The Balaban J connectivity index is 1.47. The zero-order chi connectivity index (χ0) is 20.5. The molecule has 4 heterocycles. The van der Waals surface area contributed by atoms with Crippen molar-refractivity contribution < 1.29 is 4.74 Å². The first-order valence-corrected chi connectivity index (χ1v) is 10.4. The molecular formula is C24H25N5O. The lowest BCUT2D eigenvalue weighted by molar-refractivity contribution is 0.107. The van der Waals surface area contributed by atoms with Gasteiger partial charge in [-0.1, -0.05) is 12.1 Å². The first kappa shape index (κ1) is 18.8. The van der Waals surface area contributed by atoms with Crippen LogP contribution in [0.3, 0.4) is 0 Å². The number of hydrogen-bond donors (Lipinski definition) is 1. The number of rotatable bonds is 4. The average Bonchev–Trinajstić information content (AvgIpc) is 3.20. The molecule has 1 aliphatic rings. The number of H-pyrrole nitrogens is 1. The summed E-state index contributed by atoms with van der Waals surface area (Å²) in [6, 6.07) is 14.4. The zero-order valence-electron chi connectivity index (χ0n) is 17.2. The number of imidazole rings is 1. The highest BCUT2D eigenvalue weighted by Gasteiger charge is 2.33. The molecule has 6 nitrogen and oxygen atoms in total. The fourth-order valence-corrected chi connectivity index (χ4v) is 4.44. The predicted molar refractivity (Wildman–Crippen MR) is 116 cm³/mol. The highest BCUT2D eigenvalue weighted by molar-refractivity contribution is 5.82. The van der Waals surface area contributed by atoms with Gasteiger partial charge >= 0.3 is 0 Å². The topological polar surface area (TPSA) is 66.9 Å². The number of piperidine rings is 1. The molecule has 3 aromatic heterocycles. The molecule has 0 aliphatic carbocycles. The molecule has 4 aromatic rings. The third-order valence-electron chi connectivity index (χ3n) is 5.98. The van der Waals surface area contributed by atoms with Crippen molar-refractivity contribution in [1.82, 2.24) is 24.8 Å².